The number of aryl methyl sites for hydroxylation is 2. The van der Waals surface area contributed by atoms with Crippen molar-refractivity contribution in [2.45, 2.75) is 104 Å². The van der Waals surface area contributed by atoms with Crippen molar-refractivity contribution in [1.29, 1.82) is 0 Å². The van der Waals surface area contributed by atoms with Crippen molar-refractivity contribution < 1.29 is 13.9 Å². The number of esters is 1. The van der Waals surface area contributed by atoms with Gasteiger partial charge in [-0.1, -0.05) is 96.3 Å². The van der Waals surface area contributed by atoms with Crippen LogP contribution in [0.4, 0.5) is 4.39 Å². The van der Waals surface area contributed by atoms with E-state index in [9.17, 15) is 9.18 Å². The first-order valence-electron chi connectivity index (χ1n) is 14.5. The zero-order chi connectivity index (χ0) is 27.0. The number of carbonyl (C=O) groups is 1. The molecule has 1 aromatic heterocycles. The number of rotatable bonds is 17. The molecular weight excluding hydrogens is 475 g/mol. The summed E-state index contributed by atoms with van der Waals surface area (Å²) in [5.41, 5.74) is 3.24. The van der Waals surface area contributed by atoms with E-state index in [0.29, 0.717) is 11.4 Å². The predicted octanol–water partition coefficient (Wildman–Crippen LogP) is 9.31. The molecule has 0 aliphatic carbocycles. The van der Waals surface area contributed by atoms with Crippen LogP contribution in [0.3, 0.4) is 0 Å². The van der Waals surface area contributed by atoms with Gasteiger partial charge in [-0.2, -0.15) is 0 Å². The van der Waals surface area contributed by atoms with Crippen molar-refractivity contribution in [2.24, 2.45) is 0 Å². The van der Waals surface area contributed by atoms with E-state index in [-0.39, 0.29) is 5.75 Å². The molecule has 38 heavy (non-hydrogen) atoms. The molecule has 1 heterocycles. The zero-order valence-electron chi connectivity index (χ0n) is 23.2. The third kappa shape index (κ3) is 10.00. The van der Waals surface area contributed by atoms with Crippen LogP contribution >= 0.6 is 0 Å². The molecule has 3 aromatic rings. The summed E-state index contributed by atoms with van der Waals surface area (Å²) in [5.74, 6) is -0.526. The van der Waals surface area contributed by atoms with Crippen LogP contribution in [0.25, 0.3) is 11.4 Å². The fourth-order valence-electron chi connectivity index (χ4n) is 4.55. The van der Waals surface area contributed by atoms with Crippen LogP contribution in [-0.2, 0) is 12.8 Å². The number of hydrogen-bond acceptors (Lipinski definition) is 4. The Labute approximate surface area is 228 Å². The highest BCUT2D eigenvalue weighted by Gasteiger charge is 2.13. The van der Waals surface area contributed by atoms with Crippen molar-refractivity contribution >= 4 is 5.97 Å². The lowest BCUT2D eigenvalue weighted by molar-refractivity contribution is 0.0728. The molecule has 0 radical (unpaired) electrons. The Morgan fingerprint density at radius 3 is 1.87 bits per heavy atom. The molecule has 0 spiro atoms. The van der Waals surface area contributed by atoms with Gasteiger partial charge in [-0.05, 0) is 61.1 Å². The van der Waals surface area contributed by atoms with Crippen molar-refractivity contribution in [2.75, 3.05) is 0 Å². The molecule has 2 aromatic carbocycles. The molecule has 3 rings (SSSR count). The maximum atomic E-state index is 14.6. The highest BCUT2D eigenvalue weighted by molar-refractivity contribution is 5.91. The van der Waals surface area contributed by atoms with Crippen LogP contribution in [-0.4, -0.2) is 15.9 Å². The van der Waals surface area contributed by atoms with E-state index < -0.39 is 11.8 Å². The van der Waals surface area contributed by atoms with Gasteiger partial charge in [-0.3, -0.25) is 0 Å². The monoisotopic (exact) mass is 518 g/mol. The van der Waals surface area contributed by atoms with Crippen molar-refractivity contribution in [3.63, 3.8) is 0 Å². The first-order valence-corrected chi connectivity index (χ1v) is 14.5. The maximum absolute atomic E-state index is 14.6. The molecule has 0 unspecified atom stereocenters. The fourth-order valence-corrected chi connectivity index (χ4v) is 4.55. The average Bonchev–Trinajstić information content (AvgIpc) is 2.94. The number of benzene rings is 2. The highest BCUT2D eigenvalue weighted by Crippen LogP contribution is 2.22. The van der Waals surface area contributed by atoms with Gasteiger partial charge in [0.1, 0.15) is 0 Å². The van der Waals surface area contributed by atoms with Gasteiger partial charge in [0.25, 0.3) is 0 Å². The summed E-state index contributed by atoms with van der Waals surface area (Å²) < 4.78 is 20.0. The molecule has 204 valence electrons. The molecule has 5 heteroatoms. The van der Waals surface area contributed by atoms with Crippen LogP contribution in [0.15, 0.2) is 54.9 Å². The first kappa shape index (κ1) is 29.5. The summed E-state index contributed by atoms with van der Waals surface area (Å²) >= 11 is 0. The molecule has 0 saturated carbocycles. The second-order valence-electron chi connectivity index (χ2n) is 10.2. The van der Waals surface area contributed by atoms with E-state index in [1.54, 1.807) is 30.3 Å². The minimum Gasteiger partial charge on any atom is -0.420 e. The average molecular weight is 519 g/mol. The number of ether oxygens (including phenoxy) is 1. The summed E-state index contributed by atoms with van der Waals surface area (Å²) in [6.45, 7) is 4.44. The molecule has 0 fully saturated rings. The van der Waals surface area contributed by atoms with Gasteiger partial charge in [0.2, 0.25) is 0 Å². The number of aromatic nitrogens is 2. The minimum atomic E-state index is -0.588. The molecule has 0 aliphatic rings. The van der Waals surface area contributed by atoms with E-state index in [4.69, 9.17) is 4.74 Å². The normalized spacial score (nSPS) is 11.0. The van der Waals surface area contributed by atoms with E-state index in [0.717, 1.165) is 48.8 Å². The lowest BCUT2D eigenvalue weighted by Gasteiger charge is -2.08. The lowest BCUT2D eigenvalue weighted by atomic mass is 10.0. The molecule has 0 aliphatic heterocycles. The molecule has 0 amide bonds. The Morgan fingerprint density at radius 1 is 0.711 bits per heavy atom. The number of halogens is 1. The van der Waals surface area contributed by atoms with Gasteiger partial charge in [-0.15, -0.1) is 0 Å². The molecule has 0 saturated heterocycles. The number of unbranched alkanes of at least 4 members (excludes halogenated alkanes) is 10. The van der Waals surface area contributed by atoms with Gasteiger partial charge in [0.05, 0.1) is 5.56 Å². The van der Waals surface area contributed by atoms with Crippen LogP contribution in [0.1, 0.15) is 112 Å². The summed E-state index contributed by atoms with van der Waals surface area (Å²) in [7, 11) is 0. The number of carbonyl (C=O) groups excluding carboxylic acids is 1. The lowest BCUT2D eigenvalue weighted by Crippen LogP contribution is -2.09. The molecular formula is C33H43FN2O2. The Bertz CT molecular complexity index is 1100. The summed E-state index contributed by atoms with van der Waals surface area (Å²) in [5, 5.41) is 0. The topological polar surface area (TPSA) is 52.1 Å². The quantitative estimate of drug-likeness (QED) is 0.101. The van der Waals surface area contributed by atoms with Crippen molar-refractivity contribution in [3.05, 3.63) is 77.4 Å². The second-order valence-corrected chi connectivity index (χ2v) is 10.2. The SMILES string of the molecule is CCCCCCCCCCc1ccc(OC(=O)c2ccc(-c3ncc(CCCCCC)cn3)cc2)c(F)c1. The van der Waals surface area contributed by atoms with Crippen LogP contribution < -0.4 is 4.74 Å². The standard InChI is InChI=1S/C33H43FN2O2/c1-3-5-7-9-10-11-12-14-15-26-17-22-31(30(34)23-26)38-33(37)29-20-18-28(19-21-29)32-35-24-27(25-36-32)16-13-8-6-4-2/h17-25H,3-16H2,1-2H3. The largest absolute Gasteiger partial charge is 0.420 e. The minimum absolute atomic E-state index is 0.0448. The Kier molecular flexibility index (Phi) is 13.0. The molecule has 0 atom stereocenters. The summed E-state index contributed by atoms with van der Waals surface area (Å²) in [4.78, 5) is 21.6. The Balaban J connectivity index is 1.46. The van der Waals surface area contributed by atoms with E-state index >= 15 is 0 Å². The predicted molar refractivity (Wildman–Crippen MR) is 153 cm³/mol. The molecule has 0 N–H and O–H groups in total. The van der Waals surface area contributed by atoms with Gasteiger partial charge in [0, 0.05) is 18.0 Å². The first-order chi connectivity index (χ1) is 18.6. The smallest absolute Gasteiger partial charge is 0.343 e. The maximum Gasteiger partial charge on any atom is 0.343 e. The Morgan fingerprint density at radius 2 is 1.26 bits per heavy atom. The highest BCUT2D eigenvalue weighted by atomic mass is 19.1. The molecule has 4 nitrogen and oxygen atoms in total. The molecule has 0 bridgehead atoms. The summed E-state index contributed by atoms with van der Waals surface area (Å²) in [6, 6.07) is 11.8. The zero-order valence-corrected chi connectivity index (χ0v) is 23.2. The van der Waals surface area contributed by atoms with Crippen LogP contribution in [0.2, 0.25) is 0 Å². The van der Waals surface area contributed by atoms with Gasteiger partial charge in [-0.25, -0.2) is 19.2 Å². The number of hydrogen-bond donors (Lipinski definition) is 0. The van der Waals surface area contributed by atoms with Crippen LogP contribution in [0, 0.1) is 5.82 Å². The third-order valence-electron chi connectivity index (χ3n) is 6.92. The fraction of sp³-hybridized carbons (Fsp3) is 0.485. The van der Waals surface area contributed by atoms with Gasteiger partial charge in [0.15, 0.2) is 17.4 Å². The van der Waals surface area contributed by atoms with E-state index in [1.807, 2.05) is 18.5 Å². The van der Waals surface area contributed by atoms with E-state index in [1.165, 1.54) is 63.9 Å². The summed E-state index contributed by atoms with van der Waals surface area (Å²) in [6.07, 6.45) is 20.4. The number of nitrogens with zero attached hydrogens (tertiary/aromatic N) is 2. The van der Waals surface area contributed by atoms with Crippen molar-refractivity contribution in [3.8, 4) is 17.1 Å². The Hall–Kier alpha value is -3.08. The van der Waals surface area contributed by atoms with Crippen LogP contribution in [0.5, 0.6) is 5.75 Å². The van der Waals surface area contributed by atoms with Crippen molar-refractivity contribution in [1.82, 2.24) is 9.97 Å². The second kappa shape index (κ2) is 16.7. The third-order valence-corrected chi connectivity index (χ3v) is 6.92. The van der Waals surface area contributed by atoms with Gasteiger partial charge < -0.3 is 4.74 Å². The van der Waals surface area contributed by atoms with Gasteiger partial charge >= 0.3 is 5.97 Å². The van der Waals surface area contributed by atoms with E-state index in [2.05, 4.69) is 23.8 Å².